The Balaban J connectivity index is 2.06. The Morgan fingerprint density at radius 1 is 1.19 bits per heavy atom. The van der Waals surface area contributed by atoms with Crippen LogP contribution in [0.5, 0.6) is 11.5 Å². The van der Waals surface area contributed by atoms with Gasteiger partial charge in [0.25, 0.3) is 0 Å². The molecule has 0 saturated heterocycles. The highest BCUT2D eigenvalue weighted by Gasteiger charge is 2.09. The molecule has 0 N–H and O–H groups in total. The van der Waals surface area contributed by atoms with E-state index >= 15 is 0 Å². The van der Waals surface area contributed by atoms with Crippen LogP contribution >= 0.6 is 15.9 Å². The fourth-order valence-corrected chi connectivity index (χ4v) is 2.80. The first-order valence-corrected chi connectivity index (χ1v) is 9.21. The molecule has 0 saturated carbocycles. The number of carbonyl (C=O) groups is 1. The van der Waals surface area contributed by atoms with Crippen molar-refractivity contribution in [2.45, 2.75) is 26.5 Å². The molecule has 0 fully saturated rings. The minimum absolute atomic E-state index is 0.0674. The van der Waals surface area contributed by atoms with Crippen molar-refractivity contribution in [3.8, 4) is 11.5 Å². The van der Waals surface area contributed by atoms with Crippen LogP contribution in [-0.4, -0.2) is 31.1 Å². The van der Waals surface area contributed by atoms with Crippen molar-refractivity contribution in [3.05, 3.63) is 64.1 Å². The van der Waals surface area contributed by atoms with Crippen LogP contribution in [0.1, 0.15) is 25.0 Å². The molecule has 5 heteroatoms. The number of likely N-dealkylation sites (N-methyl/N-ethyl adjacent to an activating group) is 1. The molecule has 0 radical (unpaired) electrons. The number of hydrogen-bond donors (Lipinski definition) is 0. The van der Waals surface area contributed by atoms with Crippen LogP contribution < -0.4 is 9.47 Å². The lowest BCUT2D eigenvalue weighted by atomic mass is 10.1. The molecule has 138 valence electrons. The molecule has 0 unspecified atom stereocenters. The Kier molecular flexibility index (Phi) is 7.27. The summed E-state index contributed by atoms with van der Waals surface area (Å²) in [6.45, 7) is 4.47. The van der Waals surface area contributed by atoms with Crippen LogP contribution in [0.3, 0.4) is 0 Å². The van der Waals surface area contributed by atoms with Gasteiger partial charge in [0.15, 0.2) is 11.5 Å². The number of nitrogens with zero attached hydrogens (tertiary/aromatic N) is 1. The standard InChI is InChI=1S/C21H24BrNO3/c1-15(2)26-19-11-9-16(13-20(19)25-4)10-12-21(24)23(3)14-17-7-5-6-8-18(17)22/h5-13,15H,14H2,1-4H3/b12-10+. The maximum Gasteiger partial charge on any atom is 0.246 e. The van der Waals surface area contributed by atoms with E-state index in [0.717, 1.165) is 15.6 Å². The van der Waals surface area contributed by atoms with Gasteiger partial charge in [0.1, 0.15) is 0 Å². The Morgan fingerprint density at radius 3 is 2.58 bits per heavy atom. The summed E-state index contributed by atoms with van der Waals surface area (Å²) < 4.78 is 12.1. The van der Waals surface area contributed by atoms with Gasteiger partial charge in [-0.15, -0.1) is 0 Å². The van der Waals surface area contributed by atoms with Gasteiger partial charge in [-0.3, -0.25) is 4.79 Å². The van der Waals surface area contributed by atoms with Crippen LogP contribution in [0, 0.1) is 0 Å². The van der Waals surface area contributed by atoms with Crippen molar-refractivity contribution in [2.75, 3.05) is 14.2 Å². The first kappa shape index (κ1) is 20.0. The van der Waals surface area contributed by atoms with Gasteiger partial charge in [-0.05, 0) is 49.2 Å². The highest BCUT2D eigenvalue weighted by Crippen LogP contribution is 2.29. The van der Waals surface area contributed by atoms with E-state index in [9.17, 15) is 4.79 Å². The van der Waals surface area contributed by atoms with E-state index in [0.29, 0.717) is 18.0 Å². The molecule has 0 spiro atoms. The second kappa shape index (κ2) is 9.43. The average molecular weight is 418 g/mol. The van der Waals surface area contributed by atoms with Crippen LogP contribution in [0.25, 0.3) is 6.08 Å². The van der Waals surface area contributed by atoms with Crippen LogP contribution in [0.15, 0.2) is 53.0 Å². The van der Waals surface area contributed by atoms with Crippen molar-refractivity contribution < 1.29 is 14.3 Å². The fraction of sp³-hybridized carbons (Fsp3) is 0.286. The van der Waals surface area contributed by atoms with Crippen molar-refractivity contribution in [2.24, 2.45) is 0 Å². The number of ether oxygens (including phenoxy) is 2. The molecule has 0 aliphatic carbocycles. The van der Waals surface area contributed by atoms with E-state index in [4.69, 9.17) is 9.47 Å². The lowest BCUT2D eigenvalue weighted by Crippen LogP contribution is -2.24. The third-order valence-electron chi connectivity index (χ3n) is 3.71. The second-order valence-corrected chi connectivity index (χ2v) is 7.05. The average Bonchev–Trinajstić information content (AvgIpc) is 2.61. The Bertz CT molecular complexity index is 787. The van der Waals surface area contributed by atoms with Gasteiger partial charge >= 0.3 is 0 Å². The van der Waals surface area contributed by atoms with Gasteiger partial charge in [-0.2, -0.15) is 0 Å². The molecule has 2 aromatic rings. The molecule has 2 aromatic carbocycles. The Labute approximate surface area is 163 Å². The van der Waals surface area contributed by atoms with Gasteiger partial charge in [-0.1, -0.05) is 40.2 Å². The minimum Gasteiger partial charge on any atom is -0.493 e. The van der Waals surface area contributed by atoms with Crippen molar-refractivity contribution in [1.29, 1.82) is 0 Å². The SMILES string of the molecule is COc1cc(/C=C/C(=O)N(C)Cc2ccccc2Br)ccc1OC(C)C. The van der Waals surface area contributed by atoms with Gasteiger partial charge < -0.3 is 14.4 Å². The largest absolute Gasteiger partial charge is 0.493 e. The highest BCUT2D eigenvalue weighted by molar-refractivity contribution is 9.10. The van der Waals surface area contributed by atoms with Gasteiger partial charge in [0.05, 0.1) is 13.2 Å². The predicted molar refractivity (Wildman–Crippen MR) is 108 cm³/mol. The third-order valence-corrected chi connectivity index (χ3v) is 4.48. The van der Waals surface area contributed by atoms with Gasteiger partial charge in [-0.25, -0.2) is 0 Å². The summed E-state index contributed by atoms with van der Waals surface area (Å²) in [4.78, 5) is 14.0. The van der Waals surface area contributed by atoms with E-state index in [-0.39, 0.29) is 12.0 Å². The number of hydrogen-bond acceptors (Lipinski definition) is 3. The van der Waals surface area contributed by atoms with Crippen LogP contribution in [0.2, 0.25) is 0 Å². The zero-order valence-corrected chi connectivity index (χ0v) is 17.1. The molecule has 2 rings (SSSR count). The van der Waals surface area contributed by atoms with Crippen LogP contribution in [0.4, 0.5) is 0 Å². The van der Waals surface area contributed by atoms with E-state index in [1.54, 1.807) is 31.2 Å². The zero-order chi connectivity index (χ0) is 19.1. The smallest absolute Gasteiger partial charge is 0.246 e. The van der Waals surface area contributed by atoms with Crippen molar-refractivity contribution >= 4 is 27.9 Å². The summed E-state index contributed by atoms with van der Waals surface area (Å²) in [6.07, 6.45) is 3.41. The summed E-state index contributed by atoms with van der Waals surface area (Å²) in [5.74, 6) is 1.27. The lowest BCUT2D eigenvalue weighted by Gasteiger charge is -2.16. The second-order valence-electron chi connectivity index (χ2n) is 6.20. The van der Waals surface area contributed by atoms with E-state index in [1.807, 2.05) is 56.3 Å². The summed E-state index contributed by atoms with van der Waals surface area (Å²) >= 11 is 3.51. The maximum atomic E-state index is 12.4. The quantitative estimate of drug-likeness (QED) is 0.600. The third kappa shape index (κ3) is 5.63. The molecular formula is C21H24BrNO3. The molecule has 1 amide bonds. The lowest BCUT2D eigenvalue weighted by molar-refractivity contribution is -0.125. The first-order valence-electron chi connectivity index (χ1n) is 8.42. The predicted octanol–water partition coefficient (Wildman–Crippen LogP) is 4.92. The molecule has 0 atom stereocenters. The van der Waals surface area contributed by atoms with Gasteiger partial charge in [0, 0.05) is 24.1 Å². The number of carbonyl (C=O) groups excluding carboxylic acids is 1. The summed E-state index contributed by atoms with van der Waals surface area (Å²) in [6, 6.07) is 13.5. The summed E-state index contributed by atoms with van der Waals surface area (Å²) in [7, 11) is 3.39. The van der Waals surface area contributed by atoms with Crippen LogP contribution in [-0.2, 0) is 11.3 Å². The topological polar surface area (TPSA) is 38.8 Å². The number of methoxy groups -OCH3 is 1. The van der Waals surface area contributed by atoms with Gasteiger partial charge in [0.2, 0.25) is 5.91 Å². The molecule has 0 heterocycles. The van der Waals surface area contributed by atoms with E-state index in [1.165, 1.54) is 0 Å². The number of benzene rings is 2. The van der Waals surface area contributed by atoms with Crippen molar-refractivity contribution in [1.82, 2.24) is 4.90 Å². The Morgan fingerprint density at radius 2 is 1.92 bits per heavy atom. The molecule has 0 aliphatic rings. The van der Waals surface area contributed by atoms with E-state index < -0.39 is 0 Å². The molecule has 26 heavy (non-hydrogen) atoms. The molecule has 4 nitrogen and oxygen atoms in total. The molecular weight excluding hydrogens is 394 g/mol. The molecule has 0 bridgehead atoms. The molecule has 0 aromatic heterocycles. The zero-order valence-electron chi connectivity index (χ0n) is 15.5. The number of rotatable bonds is 7. The summed E-state index contributed by atoms with van der Waals surface area (Å²) in [5.41, 5.74) is 1.94. The normalized spacial score (nSPS) is 11.0. The Hall–Kier alpha value is -2.27. The van der Waals surface area contributed by atoms with E-state index in [2.05, 4.69) is 15.9 Å². The fourth-order valence-electron chi connectivity index (χ4n) is 2.39. The highest BCUT2D eigenvalue weighted by atomic mass is 79.9. The number of halogens is 1. The molecule has 0 aliphatic heterocycles. The monoisotopic (exact) mass is 417 g/mol. The van der Waals surface area contributed by atoms with Crippen molar-refractivity contribution in [3.63, 3.8) is 0 Å². The summed E-state index contributed by atoms with van der Waals surface area (Å²) in [5, 5.41) is 0. The first-order chi connectivity index (χ1) is 12.4. The maximum absolute atomic E-state index is 12.4. The minimum atomic E-state index is -0.0674. The number of amides is 1.